The van der Waals surface area contributed by atoms with Gasteiger partial charge in [-0.05, 0) is 74.7 Å². The van der Waals surface area contributed by atoms with Crippen LogP contribution in [0.1, 0.15) is 47.7 Å². The fourth-order valence-electron chi connectivity index (χ4n) is 4.53. The van der Waals surface area contributed by atoms with Crippen molar-refractivity contribution in [2.24, 2.45) is 5.10 Å². The van der Waals surface area contributed by atoms with Gasteiger partial charge in [0, 0.05) is 18.2 Å². The van der Waals surface area contributed by atoms with Gasteiger partial charge in [0.25, 0.3) is 5.91 Å². The highest BCUT2D eigenvalue weighted by atomic mass is 32.2. The number of nitrogens with zero attached hydrogens (tertiary/aromatic N) is 4. The molecule has 0 spiro atoms. The number of amides is 1. The average Bonchev–Trinajstić information content (AvgIpc) is 3.37. The Morgan fingerprint density at radius 2 is 1.85 bits per heavy atom. The first-order valence-electron chi connectivity index (χ1n) is 12.8. The molecule has 1 unspecified atom stereocenters. The number of methoxy groups -OCH3 is 1. The Morgan fingerprint density at radius 3 is 2.54 bits per heavy atom. The first-order valence-corrected chi connectivity index (χ1v) is 15.0. The summed E-state index contributed by atoms with van der Waals surface area (Å²) in [5, 5.41) is 6.16. The highest BCUT2D eigenvalue weighted by molar-refractivity contribution is 7.89. The molecule has 1 amide bonds. The van der Waals surface area contributed by atoms with E-state index in [0.29, 0.717) is 23.0 Å². The number of rotatable bonds is 7. The number of aryl methyl sites for hydroxylation is 1. The quantitative estimate of drug-likeness (QED) is 0.208. The molecule has 39 heavy (non-hydrogen) atoms. The fourth-order valence-corrected chi connectivity index (χ4v) is 7.18. The number of anilines is 1. The number of benzene rings is 3. The van der Waals surface area contributed by atoms with Gasteiger partial charge >= 0.3 is 0 Å². The molecular weight excluding hydrogens is 532 g/mol. The molecule has 8 nitrogen and oxygen atoms in total. The van der Waals surface area contributed by atoms with E-state index >= 15 is 0 Å². The van der Waals surface area contributed by atoms with Crippen LogP contribution >= 0.6 is 11.3 Å². The van der Waals surface area contributed by atoms with Crippen LogP contribution in [0.3, 0.4) is 0 Å². The summed E-state index contributed by atoms with van der Waals surface area (Å²) in [6.45, 7) is 4.45. The summed E-state index contributed by atoms with van der Waals surface area (Å²) < 4.78 is 34.3. The minimum Gasteiger partial charge on any atom is -0.497 e. The van der Waals surface area contributed by atoms with Gasteiger partial charge in [-0.2, -0.15) is 14.4 Å². The second kappa shape index (κ2) is 11.3. The topological polar surface area (TPSA) is 92.2 Å². The average molecular weight is 563 g/mol. The molecule has 4 aromatic rings. The van der Waals surface area contributed by atoms with Crippen molar-refractivity contribution in [3.05, 3.63) is 83.4 Å². The molecule has 5 rings (SSSR count). The highest BCUT2D eigenvalue weighted by Crippen LogP contribution is 2.33. The zero-order valence-electron chi connectivity index (χ0n) is 22.1. The van der Waals surface area contributed by atoms with Crippen LogP contribution in [0, 0.1) is 6.92 Å². The van der Waals surface area contributed by atoms with E-state index in [1.165, 1.54) is 40.6 Å². The van der Waals surface area contributed by atoms with Crippen molar-refractivity contribution in [1.29, 1.82) is 0 Å². The van der Waals surface area contributed by atoms with Crippen LogP contribution in [0.2, 0.25) is 0 Å². The maximum atomic E-state index is 13.7. The summed E-state index contributed by atoms with van der Waals surface area (Å²) >= 11 is 1.32. The Hall–Kier alpha value is -3.60. The summed E-state index contributed by atoms with van der Waals surface area (Å²) in [7, 11) is -2.05. The van der Waals surface area contributed by atoms with Gasteiger partial charge in [0.2, 0.25) is 15.2 Å². The number of aromatic nitrogens is 1. The van der Waals surface area contributed by atoms with Crippen LogP contribution in [0.15, 0.2) is 76.7 Å². The predicted octanol–water partition coefficient (Wildman–Crippen LogP) is 5.86. The lowest BCUT2D eigenvalue weighted by Gasteiger charge is -2.32. The molecule has 0 saturated carbocycles. The Labute approximate surface area is 232 Å². The van der Waals surface area contributed by atoms with E-state index in [1.807, 2.05) is 56.3 Å². The lowest BCUT2D eigenvalue weighted by atomic mass is 10.1. The lowest BCUT2D eigenvalue weighted by Crippen LogP contribution is -2.41. The molecular formula is C29H30N4O4S2. The zero-order valence-corrected chi connectivity index (χ0v) is 23.7. The van der Waals surface area contributed by atoms with Crippen LogP contribution in [0.25, 0.3) is 10.2 Å². The molecule has 2 heterocycles. The van der Waals surface area contributed by atoms with E-state index in [9.17, 15) is 13.2 Å². The number of thiazole rings is 1. The van der Waals surface area contributed by atoms with Gasteiger partial charge in [-0.25, -0.2) is 13.4 Å². The van der Waals surface area contributed by atoms with Gasteiger partial charge in [0.05, 0.1) is 28.4 Å². The SMILES string of the molecule is COc1ccc2nc(N(/N=C/c3ccc(C)cc3)C(=O)c3ccc(S(=O)(=O)N4CCCCC4C)cc3)sc2c1. The summed E-state index contributed by atoms with van der Waals surface area (Å²) in [6, 6.07) is 19.3. The van der Waals surface area contributed by atoms with Crippen LogP contribution in [0.5, 0.6) is 5.75 Å². The Kier molecular flexibility index (Phi) is 7.79. The summed E-state index contributed by atoms with van der Waals surface area (Å²) in [4.78, 5) is 18.5. The summed E-state index contributed by atoms with van der Waals surface area (Å²) in [6.07, 6.45) is 4.33. The molecule has 0 N–H and O–H groups in total. The second-order valence-corrected chi connectivity index (χ2v) is 12.5. The standard InChI is InChI=1S/C29H30N4O4S2/c1-20-7-9-22(10-8-20)19-30-33(29-31-26-16-13-24(37-3)18-27(26)38-29)28(34)23-11-14-25(15-12-23)39(35,36)32-17-5-4-6-21(32)2/h7-16,18-19,21H,4-6,17H2,1-3H3/b30-19+. The summed E-state index contributed by atoms with van der Waals surface area (Å²) in [5.41, 5.74) is 2.97. The number of sulfonamides is 1. The van der Waals surface area contributed by atoms with E-state index < -0.39 is 15.9 Å². The van der Waals surface area contributed by atoms with E-state index in [1.54, 1.807) is 17.6 Å². The molecule has 202 valence electrons. The van der Waals surface area contributed by atoms with E-state index in [-0.39, 0.29) is 10.9 Å². The Bertz CT molecular complexity index is 1610. The van der Waals surface area contributed by atoms with Gasteiger partial charge in [-0.1, -0.05) is 47.6 Å². The Morgan fingerprint density at radius 1 is 1.10 bits per heavy atom. The lowest BCUT2D eigenvalue weighted by molar-refractivity contribution is 0.0987. The number of carbonyl (C=O) groups excluding carboxylic acids is 1. The predicted molar refractivity (Wildman–Crippen MR) is 155 cm³/mol. The molecule has 10 heteroatoms. The third kappa shape index (κ3) is 5.73. The molecule has 3 aromatic carbocycles. The fraction of sp³-hybridized carbons (Fsp3) is 0.276. The maximum absolute atomic E-state index is 13.7. The van der Waals surface area contributed by atoms with Gasteiger partial charge in [0.15, 0.2) is 0 Å². The smallest absolute Gasteiger partial charge is 0.280 e. The molecule has 1 aliphatic rings. The molecule has 0 radical (unpaired) electrons. The van der Waals surface area contributed by atoms with Crippen molar-refractivity contribution < 1.29 is 17.9 Å². The number of carbonyl (C=O) groups is 1. The van der Waals surface area contributed by atoms with Crippen LogP contribution in [-0.2, 0) is 10.0 Å². The first kappa shape index (κ1) is 27.0. The van der Waals surface area contributed by atoms with Crippen molar-refractivity contribution in [2.75, 3.05) is 18.7 Å². The van der Waals surface area contributed by atoms with Gasteiger partial charge in [-0.3, -0.25) is 4.79 Å². The van der Waals surface area contributed by atoms with Crippen molar-refractivity contribution in [3.63, 3.8) is 0 Å². The van der Waals surface area contributed by atoms with Gasteiger partial charge in [-0.15, -0.1) is 0 Å². The highest BCUT2D eigenvalue weighted by Gasteiger charge is 2.31. The van der Waals surface area contributed by atoms with Crippen molar-refractivity contribution in [1.82, 2.24) is 9.29 Å². The third-order valence-electron chi connectivity index (χ3n) is 6.81. The van der Waals surface area contributed by atoms with E-state index in [0.717, 1.165) is 40.6 Å². The number of hydrogen-bond acceptors (Lipinski definition) is 7. The first-order chi connectivity index (χ1) is 18.8. The number of fused-ring (bicyclic) bond motifs is 1. The maximum Gasteiger partial charge on any atom is 0.280 e. The molecule has 0 aliphatic carbocycles. The molecule has 1 aliphatic heterocycles. The van der Waals surface area contributed by atoms with Crippen LogP contribution < -0.4 is 9.75 Å². The number of ether oxygens (including phenoxy) is 1. The van der Waals surface area contributed by atoms with Crippen molar-refractivity contribution in [2.45, 2.75) is 44.0 Å². The number of hydrogen-bond donors (Lipinski definition) is 0. The monoisotopic (exact) mass is 562 g/mol. The van der Waals surface area contributed by atoms with Gasteiger partial charge in [0.1, 0.15) is 5.75 Å². The third-order valence-corrected chi connectivity index (χ3v) is 9.83. The molecule has 1 aromatic heterocycles. The molecule has 1 saturated heterocycles. The second-order valence-electron chi connectivity index (χ2n) is 9.59. The van der Waals surface area contributed by atoms with E-state index in [2.05, 4.69) is 10.1 Å². The molecule has 1 fully saturated rings. The molecule has 0 bridgehead atoms. The normalized spacial score (nSPS) is 16.5. The van der Waals surface area contributed by atoms with Crippen LogP contribution in [-0.4, -0.2) is 49.5 Å². The largest absolute Gasteiger partial charge is 0.497 e. The minimum atomic E-state index is -3.64. The van der Waals surface area contributed by atoms with E-state index in [4.69, 9.17) is 4.74 Å². The minimum absolute atomic E-state index is 0.0469. The number of hydrazone groups is 1. The number of piperidine rings is 1. The zero-order chi connectivity index (χ0) is 27.6. The summed E-state index contributed by atoms with van der Waals surface area (Å²) in [5.74, 6) is 0.276. The Balaban J connectivity index is 1.48. The molecule has 1 atom stereocenters. The van der Waals surface area contributed by atoms with Crippen molar-refractivity contribution >= 4 is 48.8 Å². The van der Waals surface area contributed by atoms with Crippen LogP contribution in [0.4, 0.5) is 5.13 Å². The van der Waals surface area contributed by atoms with Crippen molar-refractivity contribution in [3.8, 4) is 5.75 Å². The van der Waals surface area contributed by atoms with Gasteiger partial charge < -0.3 is 4.74 Å².